The lowest BCUT2D eigenvalue weighted by Crippen LogP contribution is -2.08. The van der Waals surface area contributed by atoms with Crippen molar-refractivity contribution in [3.8, 4) is 0 Å². The standard InChI is InChI=1S/C6H4N3O/c10-6-8-4-2-1-3-7-5(4)9-6/h1-3H,(H,7,9,10). The molecule has 1 aliphatic heterocycles. The quantitative estimate of drug-likeness (QED) is 0.572. The topological polar surface area (TPSA) is 56.1 Å². The molecule has 0 saturated heterocycles. The van der Waals surface area contributed by atoms with Crippen molar-refractivity contribution in [3.05, 3.63) is 18.3 Å². The van der Waals surface area contributed by atoms with Crippen LogP contribution in [0.1, 0.15) is 0 Å². The number of fused-ring (bicyclic) bond motifs is 1. The van der Waals surface area contributed by atoms with Crippen molar-refractivity contribution in [2.24, 2.45) is 0 Å². The Kier molecular flexibility index (Phi) is 0.887. The first-order chi connectivity index (χ1) is 4.86. The van der Waals surface area contributed by atoms with E-state index in [1.165, 1.54) is 0 Å². The van der Waals surface area contributed by atoms with Crippen LogP contribution in [0, 0.1) is 0 Å². The largest absolute Gasteiger partial charge is 0.347 e. The van der Waals surface area contributed by atoms with Crippen LogP contribution in [0.2, 0.25) is 0 Å². The molecule has 0 bridgehead atoms. The highest BCUT2D eigenvalue weighted by Gasteiger charge is 2.18. The van der Waals surface area contributed by atoms with Crippen LogP contribution < -0.4 is 10.6 Å². The molecule has 2 amide bonds. The van der Waals surface area contributed by atoms with Gasteiger partial charge in [-0.3, -0.25) is 5.32 Å². The van der Waals surface area contributed by atoms with Crippen LogP contribution in [-0.2, 0) is 0 Å². The number of amides is 2. The Bertz CT molecular complexity index is 257. The molecule has 1 aromatic heterocycles. The van der Waals surface area contributed by atoms with Gasteiger partial charge >= 0.3 is 6.03 Å². The highest BCUT2D eigenvalue weighted by molar-refractivity contribution is 6.00. The minimum absolute atomic E-state index is 0.339. The van der Waals surface area contributed by atoms with Gasteiger partial charge < -0.3 is 0 Å². The third-order valence-corrected chi connectivity index (χ3v) is 1.23. The van der Waals surface area contributed by atoms with Gasteiger partial charge in [-0.25, -0.2) is 9.78 Å². The summed E-state index contributed by atoms with van der Waals surface area (Å²) in [6.07, 6.45) is 1.61. The summed E-state index contributed by atoms with van der Waals surface area (Å²) < 4.78 is 0. The molecule has 1 aliphatic rings. The third-order valence-electron chi connectivity index (χ3n) is 1.23. The molecule has 4 nitrogen and oxygen atoms in total. The first kappa shape index (κ1) is 5.22. The maximum atomic E-state index is 10.6. The Labute approximate surface area is 57.3 Å². The van der Waals surface area contributed by atoms with Crippen LogP contribution >= 0.6 is 0 Å². The van der Waals surface area contributed by atoms with E-state index in [2.05, 4.69) is 15.6 Å². The zero-order valence-electron chi connectivity index (χ0n) is 5.03. The lowest BCUT2D eigenvalue weighted by atomic mass is 10.4. The van der Waals surface area contributed by atoms with Gasteiger partial charge in [0.05, 0.1) is 0 Å². The normalized spacial score (nSPS) is 13.8. The van der Waals surface area contributed by atoms with Crippen molar-refractivity contribution in [2.45, 2.75) is 0 Å². The molecule has 0 aliphatic carbocycles. The zero-order chi connectivity index (χ0) is 6.97. The molecule has 2 rings (SSSR count). The minimum Gasteiger partial charge on any atom is -0.289 e. The summed E-state index contributed by atoms with van der Waals surface area (Å²) in [6, 6.07) is 3.14. The van der Waals surface area contributed by atoms with Gasteiger partial charge in [-0.05, 0) is 12.1 Å². The van der Waals surface area contributed by atoms with Crippen molar-refractivity contribution in [3.63, 3.8) is 0 Å². The van der Waals surface area contributed by atoms with Crippen LogP contribution in [0.5, 0.6) is 0 Å². The number of nitrogens with zero attached hydrogens (tertiary/aromatic N) is 2. The van der Waals surface area contributed by atoms with E-state index in [-0.39, 0.29) is 6.03 Å². The van der Waals surface area contributed by atoms with E-state index in [0.717, 1.165) is 0 Å². The summed E-state index contributed by atoms with van der Waals surface area (Å²) >= 11 is 0. The number of pyridine rings is 1. The second kappa shape index (κ2) is 1.70. The second-order valence-corrected chi connectivity index (χ2v) is 1.91. The molecule has 49 valence electrons. The van der Waals surface area contributed by atoms with Gasteiger partial charge in [0, 0.05) is 6.20 Å². The average Bonchev–Trinajstić information content (AvgIpc) is 2.27. The first-order valence-electron chi connectivity index (χ1n) is 2.84. The molecular formula is C6H4N3O. The van der Waals surface area contributed by atoms with E-state index < -0.39 is 0 Å². The predicted octanol–water partition coefficient (Wildman–Crippen LogP) is 0.863. The van der Waals surface area contributed by atoms with Crippen LogP contribution in [0.4, 0.5) is 16.3 Å². The first-order valence-corrected chi connectivity index (χ1v) is 2.84. The number of carbonyl (C=O) groups is 1. The molecule has 4 heteroatoms. The Morgan fingerprint density at radius 2 is 2.40 bits per heavy atom. The number of nitrogens with one attached hydrogen (secondary N) is 1. The number of aromatic nitrogens is 1. The molecular weight excluding hydrogens is 130 g/mol. The Hall–Kier alpha value is -1.58. The number of urea groups is 1. The van der Waals surface area contributed by atoms with Gasteiger partial charge in [0.25, 0.3) is 0 Å². The average molecular weight is 134 g/mol. The summed E-state index contributed by atoms with van der Waals surface area (Å²) in [6.45, 7) is 0. The molecule has 0 aromatic carbocycles. The van der Waals surface area contributed by atoms with E-state index in [0.29, 0.717) is 11.5 Å². The summed E-state index contributed by atoms with van der Waals surface area (Å²) in [7, 11) is 0. The minimum atomic E-state index is -0.339. The van der Waals surface area contributed by atoms with Crippen molar-refractivity contribution in [1.82, 2.24) is 10.3 Å². The van der Waals surface area contributed by atoms with Gasteiger partial charge in [0.1, 0.15) is 5.69 Å². The van der Waals surface area contributed by atoms with Crippen molar-refractivity contribution >= 4 is 17.5 Å². The monoisotopic (exact) mass is 134 g/mol. The lowest BCUT2D eigenvalue weighted by Gasteiger charge is -1.89. The Morgan fingerprint density at radius 3 is 3.20 bits per heavy atom. The molecule has 0 unspecified atom stereocenters. The third kappa shape index (κ3) is 0.621. The SMILES string of the molecule is O=C1[N]c2cccnc2N1. The fourth-order valence-corrected chi connectivity index (χ4v) is 0.822. The van der Waals surface area contributed by atoms with Crippen molar-refractivity contribution in [2.75, 3.05) is 5.32 Å². The molecule has 2 heterocycles. The van der Waals surface area contributed by atoms with Gasteiger partial charge in [0.2, 0.25) is 0 Å². The van der Waals surface area contributed by atoms with E-state index in [9.17, 15) is 4.79 Å². The van der Waals surface area contributed by atoms with E-state index in [1.54, 1.807) is 18.3 Å². The van der Waals surface area contributed by atoms with Crippen LogP contribution in [0.15, 0.2) is 18.3 Å². The zero-order valence-corrected chi connectivity index (χ0v) is 5.03. The number of rotatable bonds is 0. The van der Waals surface area contributed by atoms with Crippen molar-refractivity contribution < 1.29 is 4.79 Å². The molecule has 0 spiro atoms. The second-order valence-electron chi connectivity index (χ2n) is 1.91. The number of anilines is 1. The highest BCUT2D eigenvalue weighted by atomic mass is 16.2. The van der Waals surface area contributed by atoms with Gasteiger partial charge in [-0.15, -0.1) is 0 Å². The predicted molar refractivity (Wildman–Crippen MR) is 35.0 cm³/mol. The number of hydrogen-bond acceptors (Lipinski definition) is 2. The molecule has 0 atom stereocenters. The number of carbonyl (C=O) groups excluding carboxylic acids is 1. The van der Waals surface area contributed by atoms with E-state index in [1.807, 2.05) is 0 Å². The molecule has 1 aromatic rings. The number of hydrogen-bond donors (Lipinski definition) is 1. The highest BCUT2D eigenvalue weighted by Crippen LogP contribution is 2.22. The van der Waals surface area contributed by atoms with Crippen LogP contribution in [0.25, 0.3) is 0 Å². The molecule has 1 radical (unpaired) electrons. The molecule has 0 fully saturated rings. The summed E-state index contributed by atoms with van der Waals surface area (Å²) in [5.74, 6) is 0.549. The fourth-order valence-electron chi connectivity index (χ4n) is 0.822. The smallest absolute Gasteiger partial charge is 0.289 e. The van der Waals surface area contributed by atoms with Gasteiger partial charge in [-0.2, -0.15) is 5.32 Å². The van der Waals surface area contributed by atoms with Gasteiger partial charge in [-0.1, -0.05) is 0 Å². The Balaban J connectivity index is 2.51. The molecule has 10 heavy (non-hydrogen) atoms. The summed E-state index contributed by atoms with van der Waals surface area (Å²) in [5.41, 5.74) is 0.618. The molecule has 1 N–H and O–H groups in total. The Morgan fingerprint density at radius 1 is 1.50 bits per heavy atom. The van der Waals surface area contributed by atoms with E-state index in [4.69, 9.17) is 0 Å². The lowest BCUT2D eigenvalue weighted by molar-refractivity contribution is 0.256. The molecule has 0 saturated carbocycles. The van der Waals surface area contributed by atoms with Crippen molar-refractivity contribution in [1.29, 1.82) is 0 Å². The maximum Gasteiger partial charge on any atom is 0.347 e. The maximum absolute atomic E-state index is 10.6. The summed E-state index contributed by atoms with van der Waals surface area (Å²) in [5, 5.41) is 6.12. The fraction of sp³-hybridized carbons (Fsp3) is 0. The van der Waals surface area contributed by atoms with Gasteiger partial charge in [0.15, 0.2) is 5.82 Å². The van der Waals surface area contributed by atoms with Crippen LogP contribution in [0.3, 0.4) is 0 Å². The van der Waals surface area contributed by atoms with Crippen LogP contribution in [-0.4, -0.2) is 11.0 Å². The summed E-state index contributed by atoms with van der Waals surface area (Å²) in [4.78, 5) is 14.5. The van der Waals surface area contributed by atoms with E-state index >= 15 is 0 Å².